The predicted octanol–water partition coefficient (Wildman–Crippen LogP) is 2.40. The van der Waals surface area contributed by atoms with Gasteiger partial charge < -0.3 is 14.4 Å². The van der Waals surface area contributed by atoms with Crippen molar-refractivity contribution >= 4 is 5.91 Å². The van der Waals surface area contributed by atoms with Crippen LogP contribution in [0, 0.1) is 6.92 Å². The number of rotatable bonds is 2. The molecule has 2 aromatic rings. The molecule has 1 fully saturated rings. The van der Waals surface area contributed by atoms with Crippen molar-refractivity contribution in [2.45, 2.75) is 25.8 Å². The molecule has 0 spiro atoms. The normalized spacial score (nSPS) is 19.9. The summed E-state index contributed by atoms with van der Waals surface area (Å²) in [6.07, 6.45) is 5.93. The molecule has 4 rings (SSSR count). The third-order valence-corrected chi connectivity index (χ3v) is 4.41. The lowest BCUT2D eigenvalue weighted by atomic mass is 10.0. The second-order valence-corrected chi connectivity index (χ2v) is 6.11. The second kappa shape index (κ2) is 5.61. The number of carbonyl (C=O) groups is 1. The van der Waals surface area contributed by atoms with E-state index in [1.807, 2.05) is 28.9 Å². The summed E-state index contributed by atoms with van der Waals surface area (Å²) in [6, 6.07) is 5.62. The van der Waals surface area contributed by atoms with E-state index in [-0.39, 0.29) is 18.7 Å². The van der Waals surface area contributed by atoms with Crippen LogP contribution in [-0.2, 0) is 0 Å². The van der Waals surface area contributed by atoms with Gasteiger partial charge in [0.1, 0.15) is 0 Å². The average molecular weight is 313 g/mol. The largest absolute Gasteiger partial charge is 0.454 e. The summed E-state index contributed by atoms with van der Waals surface area (Å²) in [7, 11) is 0. The molecule has 1 saturated heterocycles. The number of piperidine rings is 1. The van der Waals surface area contributed by atoms with Crippen molar-refractivity contribution in [1.29, 1.82) is 0 Å². The first kappa shape index (κ1) is 14.1. The standard InChI is InChI=1S/C17H19N3O3/c1-12-8-18-20(9-12)14-3-2-6-19(10-14)17(21)13-4-5-15-16(7-13)23-11-22-15/h4-5,7-9,14H,2-3,6,10-11H2,1H3/t14-/m0/s1. The van der Waals surface area contributed by atoms with Gasteiger partial charge in [0.25, 0.3) is 5.91 Å². The first-order valence-corrected chi connectivity index (χ1v) is 7.90. The van der Waals surface area contributed by atoms with Crippen molar-refractivity contribution in [2.75, 3.05) is 19.9 Å². The summed E-state index contributed by atoms with van der Waals surface area (Å²) in [4.78, 5) is 14.7. The maximum Gasteiger partial charge on any atom is 0.254 e. The molecule has 1 aromatic heterocycles. The fourth-order valence-corrected chi connectivity index (χ4v) is 3.20. The molecular formula is C17H19N3O3. The average Bonchev–Trinajstić information content (AvgIpc) is 3.22. The van der Waals surface area contributed by atoms with Crippen LogP contribution in [0.2, 0.25) is 0 Å². The highest BCUT2D eigenvalue weighted by Crippen LogP contribution is 2.33. The van der Waals surface area contributed by atoms with Gasteiger partial charge >= 0.3 is 0 Å². The zero-order chi connectivity index (χ0) is 15.8. The lowest BCUT2D eigenvalue weighted by molar-refractivity contribution is 0.0672. The Bertz CT molecular complexity index is 740. The van der Waals surface area contributed by atoms with Crippen LogP contribution in [0.1, 0.15) is 34.8 Å². The number of aromatic nitrogens is 2. The SMILES string of the molecule is Cc1cnn([C@H]2CCCN(C(=O)c3ccc4c(c3)OCO4)C2)c1. The second-order valence-electron chi connectivity index (χ2n) is 6.11. The molecule has 1 amide bonds. The van der Waals surface area contributed by atoms with Crippen molar-refractivity contribution in [2.24, 2.45) is 0 Å². The Morgan fingerprint density at radius 1 is 1.30 bits per heavy atom. The molecule has 6 nitrogen and oxygen atoms in total. The van der Waals surface area contributed by atoms with Gasteiger partial charge in [0, 0.05) is 24.8 Å². The predicted molar refractivity (Wildman–Crippen MR) is 83.7 cm³/mol. The van der Waals surface area contributed by atoms with Crippen LogP contribution in [0.5, 0.6) is 11.5 Å². The van der Waals surface area contributed by atoms with Crippen LogP contribution < -0.4 is 9.47 Å². The quantitative estimate of drug-likeness (QED) is 0.854. The summed E-state index contributed by atoms with van der Waals surface area (Å²) < 4.78 is 12.6. The smallest absolute Gasteiger partial charge is 0.254 e. The number of hydrogen-bond donors (Lipinski definition) is 0. The van der Waals surface area contributed by atoms with Crippen molar-refractivity contribution in [3.63, 3.8) is 0 Å². The number of aryl methyl sites for hydroxylation is 1. The summed E-state index contributed by atoms with van der Waals surface area (Å²) in [5.41, 5.74) is 1.79. The molecule has 3 heterocycles. The number of benzene rings is 1. The van der Waals surface area contributed by atoms with Crippen LogP contribution in [0.4, 0.5) is 0 Å². The zero-order valence-electron chi connectivity index (χ0n) is 13.1. The van der Waals surface area contributed by atoms with Gasteiger partial charge in [-0.05, 0) is 43.5 Å². The number of nitrogens with zero attached hydrogens (tertiary/aromatic N) is 3. The van der Waals surface area contributed by atoms with Crippen LogP contribution in [0.3, 0.4) is 0 Å². The lowest BCUT2D eigenvalue weighted by Gasteiger charge is -2.33. The molecular weight excluding hydrogens is 294 g/mol. The molecule has 2 aliphatic heterocycles. The number of likely N-dealkylation sites (tertiary alicyclic amines) is 1. The molecule has 0 radical (unpaired) electrons. The summed E-state index contributed by atoms with van der Waals surface area (Å²) in [5.74, 6) is 1.38. The van der Waals surface area contributed by atoms with Gasteiger partial charge in [-0.25, -0.2) is 0 Å². The Labute approximate surface area is 134 Å². The van der Waals surface area contributed by atoms with Crippen LogP contribution in [0.15, 0.2) is 30.6 Å². The van der Waals surface area contributed by atoms with Gasteiger partial charge in [0.15, 0.2) is 11.5 Å². The Balaban J connectivity index is 1.51. The molecule has 0 aliphatic carbocycles. The molecule has 0 bridgehead atoms. The molecule has 0 saturated carbocycles. The van der Waals surface area contributed by atoms with E-state index < -0.39 is 0 Å². The van der Waals surface area contributed by atoms with E-state index >= 15 is 0 Å². The monoisotopic (exact) mass is 313 g/mol. The fourth-order valence-electron chi connectivity index (χ4n) is 3.20. The molecule has 6 heteroatoms. The van der Waals surface area contributed by atoms with E-state index in [2.05, 4.69) is 5.10 Å². The maximum atomic E-state index is 12.8. The van der Waals surface area contributed by atoms with Crippen molar-refractivity contribution in [1.82, 2.24) is 14.7 Å². The van der Waals surface area contributed by atoms with Gasteiger partial charge in [0.05, 0.1) is 12.2 Å². The fraction of sp³-hybridized carbons (Fsp3) is 0.412. The first-order valence-electron chi connectivity index (χ1n) is 7.90. The van der Waals surface area contributed by atoms with Gasteiger partial charge in [-0.1, -0.05) is 0 Å². The van der Waals surface area contributed by atoms with E-state index in [0.717, 1.165) is 24.9 Å². The van der Waals surface area contributed by atoms with E-state index in [1.165, 1.54) is 0 Å². The zero-order valence-corrected chi connectivity index (χ0v) is 13.1. The molecule has 0 unspecified atom stereocenters. The summed E-state index contributed by atoms with van der Waals surface area (Å²) in [6.45, 7) is 3.72. The molecule has 0 N–H and O–H groups in total. The first-order chi connectivity index (χ1) is 11.2. The molecule has 120 valence electrons. The van der Waals surface area contributed by atoms with Crippen LogP contribution in [-0.4, -0.2) is 40.5 Å². The van der Waals surface area contributed by atoms with E-state index in [9.17, 15) is 4.79 Å². The van der Waals surface area contributed by atoms with Gasteiger partial charge in [0.2, 0.25) is 6.79 Å². The Morgan fingerprint density at radius 3 is 3.00 bits per heavy atom. The van der Waals surface area contributed by atoms with Gasteiger partial charge in [-0.2, -0.15) is 5.10 Å². The Morgan fingerprint density at radius 2 is 2.17 bits per heavy atom. The summed E-state index contributed by atoms with van der Waals surface area (Å²) in [5, 5.41) is 4.40. The summed E-state index contributed by atoms with van der Waals surface area (Å²) >= 11 is 0. The van der Waals surface area contributed by atoms with E-state index in [4.69, 9.17) is 9.47 Å². The minimum absolute atomic E-state index is 0.0388. The number of hydrogen-bond acceptors (Lipinski definition) is 4. The number of amides is 1. The van der Waals surface area contributed by atoms with Gasteiger partial charge in [-0.15, -0.1) is 0 Å². The maximum absolute atomic E-state index is 12.8. The topological polar surface area (TPSA) is 56.6 Å². The highest BCUT2D eigenvalue weighted by Gasteiger charge is 2.27. The van der Waals surface area contributed by atoms with Gasteiger partial charge in [-0.3, -0.25) is 9.48 Å². The van der Waals surface area contributed by atoms with Crippen LogP contribution >= 0.6 is 0 Å². The van der Waals surface area contributed by atoms with E-state index in [0.29, 0.717) is 23.6 Å². The Hall–Kier alpha value is -2.50. The minimum atomic E-state index is 0.0388. The molecule has 1 atom stereocenters. The third kappa shape index (κ3) is 2.65. The highest BCUT2D eigenvalue weighted by atomic mass is 16.7. The third-order valence-electron chi connectivity index (χ3n) is 4.41. The van der Waals surface area contributed by atoms with Crippen molar-refractivity contribution in [3.8, 4) is 11.5 Å². The van der Waals surface area contributed by atoms with E-state index in [1.54, 1.807) is 18.2 Å². The number of carbonyl (C=O) groups excluding carboxylic acids is 1. The Kier molecular flexibility index (Phi) is 3.44. The lowest BCUT2D eigenvalue weighted by Crippen LogP contribution is -2.40. The molecule has 23 heavy (non-hydrogen) atoms. The van der Waals surface area contributed by atoms with Crippen molar-refractivity contribution in [3.05, 3.63) is 41.7 Å². The number of fused-ring (bicyclic) bond motifs is 1. The van der Waals surface area contributed by atoms with Crippen molar-refractivity contribution < 1.29 is 14.3 Å². The molecule has 2 aliphatic rings. The highest BCUT2D eigenvalue weighted by molar-refractivity contribution is 5.95. The minimum Gasteiger partial charge on any atom is -0.454 e. The van der Waals surface area contributed by atoms with Crippen LogP contribution in [0.25, 0.3) is 0 Å². The molecule has 1 aromatic carbocycles. The number of ether oxygens (including phenoxy) is 2.